The van der Waals surface area contributed by atoms with Crippen molar-refractivity contribution in [2.75, 3.05) is 0 Å². The summed E-state index contributed by atoms with van der Waals surface area (Å²) in [6, 6.07) is 0. The number of hydrogen-bond donors (Lipinski definition) is 1. The van der Waals surface area contributed by atoms with Crippen LogP contribution in [0, 0.1) is 0 Å². The average Bonchev–Trinajstić information content (AvgIpc) is 1.91. The van der Waals surface area contributed by atoms with Crippen molar-refractivity contribution in [3.05, 3.63) is 0 Å². The summed E-state index contributed by atoms with van der Waals surface area (Å²) in [6.07, 6.45) is 0. The summed E-state index contributed by atoms with van der Waals surface area (Å²) < 4.78 is 25.5. The zero-order valence-corrected chi connectivity index (χ0v) is 10.2. The van der Waals surface area contributed by atoms with Gasteiger partial charge in [-0.3, -0.25) is 0 Å². The monoisotopic (exact) mass is 212 g/mol. The molecule has 60 valence electrons. The van der Waals surface area contributed by atoms with Gasteiger partial charge in [0.2, 0.25) is 0 Å². The van der Waals surface area contributed by atoms with Crippen molar-refractivity contribution < 1.29 is 57.8 Å². The van der Waals surface area contributed by atoms with E-state index in [-0.39, 0.29) is 29.6 Å². The zero-order valence-electron chi connectivity index (χ0n) is 6.38. The van der Waals surface area contributed by atoms with Crippen molar-refractivity contribution in [3.63, 3.8) is 0 Å². The molecule has 0 aliphatic rings. The Morgan fingerprint density at radius 2 is 1.73 bits per heavy atom. The Hall–Kier alpha value is 1.04. The molecule has 0 bridgehead atoms. The minimum atomic E-state index is -3.21. The molecule has 6 nitrogen and oxygen atoms in total. The topological polar surface area (TPSA) is 95.9 Å². The van der Waals surface area contributed by atoms with Gasteiger partial charge < -0.3 is 4.89 Å². The minimum absolute atomic E-state index is 0. The average molecular weight is 212 g/mol. The molecule has 0 rings (SSSR count). The Morgan fingerprint density at radius 3 is 1.82 bits per heavy atom. The Labute approximate surface area is 88.0 Å². The van der Waals surface area contributed by atoms with Crippen molar-refractivity contribution in [2.45, 2.75) is 13.8 Å². The largest absolute Gasteiger partial charge is 1.00 e. The molecular weight excluding hydrogens is 205 g/mol. The first kappa shape index (κ1) is 18.0. The van der Waals surface area contributed by atoms with Gasteiger partial charge in [-0.15, -0.1) is 0 Å². The van der Waals surface area contributed by atoms with Crippen LogP contribution in [-0.4, -0.2) is 5.26 Å². The first-order valence-electron chi connectivity index (χ1n) is 2.28. The van der Waals surface area contributed by atoms with E-state index >= 15 is 0 Å². The van der Waals surface area contributed by atoms with Crippen LogP contribution in [0.2, 0.25) is 0 Å². The van der Waals surface area contributed by atoms with Crippen molar-refractivity contribution in [1.29, 1.82) is 0 Å². The molecule has 0 aromatic heterocycles. The van der Waals surface area contributed by atoms with Crippen LogP contribution in [0.3, 0.4) is 0 Å². The Morgan fingerprint density at radius 1 is 1.36 bits per heavy atom. The summed E-state index contributed by atoms with van der Waals surface area (Å²) in [5.41, 5.74) is 0. The Balaban J connectivity index is -0.000000196. The zero-order chi connectivity index (χ0) is 8.57. The maximum absolute atomic E-state index is 9.69. The Bertz CT molecular complexity index is 117. The van der Waals surface area contributed by atoms with Gasteiger partial charge in [0, 0.05) is 4.57 Å². The van der Waals surface area contributed by atoms with Crippen molar-refractivity contribution in [1.82, 2.24) is 0 Å². The molecule has 2 atom stereocenters. The van der Waals surface area contributed by atoms with E-state index in [1.807, 2.05) is 13.8 Å². The molecule has 0 aromatic carbocycles. The number of hydrogen-bond acceptors (Lipinski definition) is 6. The second-order valence-electron chi connectivity index (χ2n) is 0.611. The molecule has 0 heterocycles. The summed E-state index contributed by atoms with van der Waals surface area (Å²) in [5.74, 6) is 0. The van der Waals surface area contributed by atoms with Gasteiger partial charge in [-0.05, 0) is 4.57 Å². The first-order valence-corrected chi connectivity index (χ1v) is 4.47. The fourth-order valence-corrected chi connectivity index (χ4v) is 0.624. The second kappa shape index (κ2) is 13.6. The Kier molecular flexibility index (Phi) is 22.2. The molecule has 0 aliphatic heterocycles. The van der Waals surface area contributed by atoms with Crippen LogP contribution in [0.15, 0.2) is 0 Å². The molecule has 0 amide bonds. The quantitative estimate of drug-likeness (QED) is 0.256. The van der Waals surface area contributed by atoms with Crippen LogP contribution in [0.1, 0.15) is 13.8 Å². The fourth-order valence-electron chi connectivity index (χ4n) is 0.0693. The van der Waals surface area contributed by atoms with Crippen LogP contribution in [0.4, 0.5) is 0 Å². The standard InChI is InChI=1S/C2H6.Na.O6P2/c1-2;;1-5-8(4)6-7(2)3/h1-2H3;;/q;+1;/p+1. The molecule has 11 heavy (non-hydrogen) atoms. The third-order valence-electron chi connectivity index (χ3n) is 0.200. The molecule has 0 saturated heterocycles. The molecule has 9 heteroatoms. The smallest absolute Gasteiger partial charge is 0.563 e. The predicted octanol–water partition coefficient (Wildman–Crippen LogP) is -1.80. The van der Waals surface area contributed by atoms with Gasteiger partial charge in [0.25, 0.3) is 0 Å². The summed E-state index contributed by atoms with van der Waals surface area (Å²) >= 11 is 0. The van der Waals surface area contributed by atoms with Gasteiger partial charge in [0.15, 0.2) is 0 Å². The number of rotatable bonds is 3. The summed E-state index contributed by atoms with van der Waals surface area (Å²) in [7, 11) is -6.12. The van der Waals surface area contributed by atoms with E-state index in [0.717, 1.165) is 0 Å². The van der Waals surface area contributed by atoms with E-state index in [2.05, 4.69) is 8.99 Å². The SMILES string of the molecule is CC.O=[P+]([O-])O[P+](=O)OO.[Na+]. The molecule has 0 radical (unpaired) electrons. The van der Waals surface area contributed by atoms with Crippen molar-refractivity contribution >= 4 is 16.5 Å². The maximum Gasteiger partial charge on any atom is 1.00 e. The van der Waals surface area contributed by atoms with Gasteiger partial charge >= 0.3 is 46.1 Å². The summed E-state index contributed by atoms with van der Waals surface area (Å²) in [5, 5.41) is 7.41. The van der Waals surface area contributed by atoms with Crippen LogP contribution in [-0.2, 0) is 18.1 Å². The van der Waals surface area contributed by atoms with E-state index in [4.69, 9.17) is 5.26 Å². The van der Waals surface area contributed by atoms with E-state index in [1.54, 1.807) is 0 Å². The van der Waals surface area contributed by atoms with E-state index in [1.165, 1.54) is 0 Å². The first-order chi connectivity index (χ1) is 4.66. The van der Waals surface area contributed by atoms with E-state index in [0.29, 0.717) is 0 Å². The van der Waals surface area contributed by atoms with Gasteiger partial charge in [-0.1, -0.05) is 13.8 Å². The van der Waals surface area contributed by atoms with Crippen LogP contribution >= 0.6 is 16.5 Å². The summed E-state index contributed by atoms with van der Waals surface area (Å²) in [6.45, 7) is 4.00. The second-order valence-corrected chi connectivity index (χ2v) is 2.32. The molecule has 0 fully saturated rings. The predicted molar refractivity (Wildman–Crippen MR) is 31.4 cm³/mol. The molecular formula is C2H7NaO6P2+2. The van der Waals surface area contributed by atoms with Crippen LogP contribution < -0.4 is 34.5 Å². The van der Waals surface area contributed by atoms with Crippen LogP contribution in [0.5, 0.6) is 0 Å². The third kappa shape index (κ3) is 18.2. The maximum atomic E-state index is 9.69. The molecule has 2 unspecified atom stereocenters. The van der Waals surface area contributed by atoms with Gasteiger partial charge in [0.05, 0.1) is 4.67 Å². The van der Waals surface area contributed by atoms with E-state index in [9.17, 15) is 14.0 Å². The third-order valence-corrected chi connectivity index (χ3v) is 1.40. The molecule has 0 saturated carbocycles. The van der Waals surface area contributed by atoms with Gasteiger partial charge in [0.1, 0.15) is 4.31 Å². The summed E-state index contributed by atoms with van der Waals surface area (Å²) in [4.78, 5) is 9.41. The van der Waals surface area contributed by atoms with E-state index < -0.39 is 16.5 Å². The van der Waals surface area contributed by atoms with Crippen LogP contribution in [0.25, 0.3) is 0 Å². The molecule has 0 spiro atoms. The minimum Gasteiger partial charge on any atom is -0.563 e. The van der Waals surface area contributed by atoms with Gasteiger partial charge in [-0.25, -0.2) is 5.26 Å². The molecule has 0 aromatic rings. The fraction of sp³-hybridized carbons (Fsp3) is 1.00. The molecule has 0 aliphatic carbocycles. The normalized spacial score (nSPS) is 10.2. The molecule has 1 N–H and O–H groups in total. The van der Waals surface area contributed by atoms with Crippen molar-refractivity contribution in [2.24, 2.45) is 0 Å². The van der Waals surface area contributed by atoms with Gasteiger partial charge in [-0.2, -0.15) is 0 Å². The van der Waals surface area contributed by atoms with Crippen molar-refractivity contribution in [3.8, 4) is 0 Å².